The van der Waals surface area contributed by atoms with Crippen molar-refractivity contribution in [2.45, 2.75) is 33.7 Å². The number of nitrogens with zero attached hydrogens (tertiary/aromatic N) is 1. The van der Waals surface area contributed by atoms with Crippen LogP contribution >= 0.6 is 0 Å². The third-order valence-corrected chi connectivity index (χ3v) is 3.87. The first-order valence-corrected chi connectivity index (χ1v) is 7.94. The lowest BCUT2D eigenvalue weighted by atomic mass is 9.97. The second-order valence-electron chi connectivity index (χ2n) is 6.12. The topological polar surface area (TPSA) is 69.6 Å². The van der Waals surface area contributed by atoms with Crippen molar-refractivity contribution >= 4 is 17.4 Å². The van der Waals surface area contributed by atoms with Crippen molar-refractivity contribution in [3.05, 3.63) is 53.6 Å². The van der Waals surface area contributed by atoms with Crippen molar-refractivity contribution in [2.24, 2.45) is 5.92 Å². The zero-order valence-corrected chi connectivity index (χ0v) is 14.9. The summed E-state index contributed by atoms with van der Waals surface area (Å²) in [6, 6.07) is 7.96. The van der Waals surface area contributed by atoms with Gasteiger partial charge in [0.1, 0.15) is 0 Å². The second-order valence-corrected chi connectivity index (χ2v) is 6.12. The summed E-state index contributed by atoms with van der Waals surface area (Å²) in [5.41, 5.74) is 4.02. The predicted molar refractivity (Wildman–Crippen MR) is 96.3 cm³/mol. The zero-order valence-electron chi connectivity index (χ0n) is 14.9. The molecule has 0 unspecified atom stereocenters. The zero-order chi connectivity index (χ0) is 18.3. The van der Waals surface area contributed by atoms with Crippen LogP contribution in [0.4, 0.5) is 5.69 Å². The molecule has 1 atom stereocenters. The highest BCUT2D eigenvalue weighted by Crippen LogP contribution is 2.19. The van der Waals surface area contributed by atoms with Gasteiger partial charge in [0.2, 0.25) is 0 Å². The highest BCUT2D eigenvalue weighted by atomic mass is 16.5. The Morgan fingerprint density at radius 3 is 2.21 bits per heavy atom. The highest BCUT2D eigenvalue weighted by Gasteiger charge is 2.14. The lowest BCUT2D eigenvalue weighted by molar-refractivity contribution is -0.124. The van der Waals surface area contributed by atoms with Crippen LogP contribution in [-0.2, 0) is 4.79 Å². The van der Waals surface area contributed by atoms with Gasteiger partial charge in [0, 0.05) is 36.3 Å². The number of allylic oxidation sites excluding steroid dienone is 3. The van der Waals surface area contributed by atoms with Gasteiger partial charge in [0.25, 0.3) is 5.91 Å². The Morgan fingerprint density at radius 1 is 1.12 bits per heavy atom. The molecular formula is C19H26N2O3. The minimum atomic E-state index is -0.605. The third kappa shape index (κ3) is 5.66. The average molecular weight is 330 g/mol. The molecule has 5 heteroatoms. The summed E-state index contributed by atoms with van der Waals surface area (Å²) >= 11 is 0. The summed E-state index contributed by atoms with van der Waals surface area (Å²) in [6.07, 6.45) is 4.55. The molecular weight excluding hydrogens is 304 g/mol. The quantitative estimate of drug-likeness (QED) is 0.264. The molecule has 0 heterocycles. The van der Waals surface area contributed by atoms with Crippen molar-refractivity contribution in [1.82, 2.24) is 5.48 Å². The molecule has 24 heavy (non-hydrogen) atoms. The van der Waals surface area contributed by atoms with E-state index in [1.807, 2.05) is 38.2 Å². The minimum Gasteiger partial charge on any atom is -0.372 e. The van der Waals surface area contributed by atoms with Crippen molar-refractivity contribution in [1.29, 1.82) is 0 Å². The number of benzene rings is 1. The highest BCUT2D eigenvalue weighted by molar-refractivity contribution is 5.99. The Morgan fingerprint density at radius 2 is 1.71 bits per heavy atom. The number of hydrogen-bond acceptors (Lipinski definition) is 4. The van der Waals surface area contributed by atoms with Crippen LogP contribution in [0.25, 0.3) is 0 Å². The summed E-state index contributed by atoms with van der Waals surface area (Å²) in [5, 5.41) is 8.43. The van der Waals surface area contributed by atoms with Crippen molar-refractivity contribution in [3.8, 4) is 0 Å². The van der Waals surface area contributed by atoms with Gasteiger partial charge >= 0.3 is 0 Å². The van der Waals surface area contributed by atoms with E-state index in [0.29, 0.717) is 11.6 Å². The molecule has 0 saturated carbocycles. The number of rotatable bonds is 7. The molecule has 0 saturated heterocycles. The lowest BCUT2D eigenvalue weighted by Crippen LogP contribution is -2.25. The molecule has 1 aromatic rings. The monoisotopic (exact) mass is 330 g/mol. The largest absolute Gasteiger partial charge is 0.372 e. The Balaban J connectivity index is 2.82. The van der Waals surface area contributed by atoms with E-state index in [4.69, 9.17) is 5.21 Å². The van der Waals surface area contributed by atoms with E-state index in [0.717, 1.165) is 11.3 Å². The normalized spacial score (nSPS) is 13.2. The molecule has 1 amide bonds. The van der Waals surface area contributed by atoms with Gasteiger partial charge in [0.05, 0.1) is 0 Å². The number of hydrogen-bond donors (Lipinski definition) is 2. The fourth-order valence-electron chi connectivity index (χ4n) is 2.19. The van der Waals surface area contributed by atoms with Crippen LogP contribution in [0.3, 0.4) is 0 Å². The van der Waals surface area contributed by atoms with Gasteiger partial charge in [-0.25, -0.2) is 5.48 Å². The van der Waals surface area contributed by atoms with Gasteiger partial charge in [-0.2, -0.15) is 0 Å². The SMILES string of the molecule is CC(/C=C/C(=O)NO)=C\[C@@H](C)C(=O)c1ccc(N(C)C(C)C)cc1. The number of Topliss-reactive ketones (excluding diaryl/α,β-unsaturated/α-hetero) is 1. The van der Waals surface area contributed by atoms with Crippen molar-refractivity contribution in [3.63, 3.8) is 0 Å². The molecule has 1 aromatic carbocycles. The average Bonchev–Trinajstić information content (AvgIpc) is 2.58. The third-order valence-electron chi connectivity index (χ3n) is 3.87. The molecule has 0 aromatic heterocycles. The first-order valence-electron chi connectivity index (χ1n) is 7.94. The van der Waals surface area contributed by atoms with Crippen LogP contribution in [0.2, 0.25) is 0 Å². The molecule has 5 nitrogen and oxygen atoms in total. The number of amides is 1. The Labute approximate surface area is 143 Å². The molecule has 0 fully saturated rings. The fraction of sp³-hybridized carbons (Fsp3) is 0.368. The predicted octanol–water partition coefficient (Wildman–Crippen LogP) is 3.36. The van der Waals surface area contributed by atoms with Gasteiger partial charge in [-0.3, -0.25) is 14.8 Å². The molecule has 0 aliphatic rings. The molecule has 2 N–H and O–H groups in total. The van der Waals surface area contributed by atoms with Gasteiger partial charge in [-0.15, -0.1) is 0 Å². The summed E-state index contributed by atoms with van der Waals surface area (Å²) in [6.45, 7) is 7.84. The minimum absolute atomic E-state index is 0.0214. The second kappa shape index (κ2) is 9.03. The smallest absolute Gasteiger partial charge is 0.267 e. The molecule has 0 spiro atoms. The maximum absolute atomic E-state index is 12.5. The van der Waals surface area contributed by atoms with Gasteiger partial charge in [-0.1, -0.05) is 24.6 Å². The summed E-state index contributed by atoms with van der Waals surface area (Å²) in [5.74, 6) is -0.889. The molecule has 0 aliphatic carbocycles. The number of carbonyl (C=O) groups is 2. The lowest BCUT2D eigenvalue weighted by Gasteiger charge is -2.23. The van der Waals surface area contributed by atoms with E-state index in [1.54, 1.807) is 19.1 Å². The van der Waals surface area contributed by atoms with Crippen LogP contribution in [0.5, 0.6) is 0 Å². The maximum Gasteiger partial charge on any atom is 0.267 e. The van der Waals surface area contributed by atoms with Gasteiger partial charge in [0.15, 0.2) is 5.78 Å². The van der Waals surface area contributed by atoms with Crippen LogP contribution < -0.4 is 10.4 Å². The summed E-state index contributed by atoms with van der Waals surface area (Å²) < 4.78 is 0. The number of carbonyl (C=O) groups excluding carboxylic acids is 2. The van der Waals surface area contributed by atoms with Gasteiger partial charge < -0.3 is 4.90 Å². The molecule has 0 aliphatic heterocycles. The molecule has 0 radical (unpaired) electrons. The Kier molecular flexibility index (Phi) is 7.39. The Bertz CT molecular complexity index is 631. The standard InChI is InChI=1S/C19H26N2O3/c1-13(2)21(5)17-9-7-16(8-10-17)19(23)15(4)12-14(3)6-11-18(22)20-24/h6-13,15,24H,1-5H3,(H,20,22)/b11-6+,14-12+/t15-/m1/s1. The van der Waals surface area contributed by atoms with Crippen LogP contribution in [-0.4, -0.2) is 30.0 Å². The van der Waals surface area contributed by atoms with Crippen LogP contribution in [0, 0.1) is 5.92 Å². The molecule has 1 rings (SSSR count). The summed E-state index contributed by atoms with van der Waals surface area (Å²) in [7, 11) is 2.02. The van der Waals surface area contributed by atoms with Crippen LogP contribution in [0.1, 0.15) is 38.1 Å². The van der Waals surface area contributed by atoms with E-state index in [2.05, 4.69) is 18.7 Å². The number of ketones is 1. The van der Waals surface area contributed by atoms with E-state index in [1.165, 1.54) is 11.6 Å². The Hall–Kier alpha value is -2.40. The first-order chi connectivity index (χ1) is 11.3. The maximum atomic E-state index is 12.5. The van der Waals surface area contributed by atoms with Crippen LogP contribution in [0.15, 0.2) is 48.1 Å². The molecule has 130 valence electrons. The van der Waals surface area contributed by atoms with E-state index >= 15 is 0 Å². The number of nitrogens with one attached hydrogen (secondary N) is 1. The number of anilines is 1. The molecule has 0 bridgehead atoms. The fourth-order valence-corrected chi connectivity index (χ4v) is 2.19. The van der Waals surface area contributed by atoms with E-state index in [-0.39, 0.29) is 11.7 Å². The van der Waals surface area contributed by atoms with E-state index in [9.17, 15) is 9.59 Å². The van der Waals surface area contributed by atoms with Gasteiger partial charge in [-0.05, 0) is 45.0 Å². The first kappa shape index (κ1) is 19.6. The van der Waals surface area contributed by atoms with E-state index < -0.39 is 5.91 Å². The summed E-state index contributed by atoms with van der Waals surface area (Å²) in [4.78, 5) is 25.6. The van der Waals surface area contributed by atoms with Crippen molar-refractivity contribution < 1.29 is 14.8 Å². The van der Waals surface area contributed by atoms with Crippen molar-refractivity contribution in [2.75, 3.05) is 11.9 Å². The number of hydroxylamine groups is 1.